The molecule has 3 aromatic carbocycles. The summed E-state index contributed by atoms with van der Waals surface area (Å²) in [6.45, 7) is 5.55. The summed E-state index contributed by atoms with van der Waals surface area (Å²) < 4.78 is 8.15. The number of hydrogen-bond donors (Lipinski definition) is 0. The summed E-state index contributed by atoms with van der Waals surface area (Å²) in [7, 11) is 0. The molecule has 1 heterocycles. The molecule has 0 fully saturated rings. The van der Waals surface area contributed by atoms with Crippen molar-refractivity contribution < 1.29 is 4.74 Å². The van der Waals surface area contributed by atoms with Crippen molar-refractivity contribution in [2.45, 2.75) is 26.3 Å². The van der Waals surface area contributed by atoms with Crippen LogP contribution in [0.5, 0.6) is 5.75 Å². The molecule has 0 saturated carbocycles. The van der Waals surface area contributed by atoms with Crippen LogP contribution in [0.1, 0.15) is 25.3 Å². The lowest BCUT2D eigenvalue weighted by Gasteiger charge is -2.13. The molecule has 0 bridgehead atoms. The first-order valence-electron chi connectivity index (χ1n) is 9.66. The zero-order valence-electron chi connectivity index (χ0n) is 16.4. The Morgan fingerprint density at radius 1 is 0.966 bits per heavy atom. The zero-order valence-corrected chi connectivity index (χ0v) is 17.9. The maximum Gasteiger partial charge on any atom is 0.142 e. The topological polar surface area (TPSA) is 27.1 Å². The summed E-state index contributed by atoms with van der Waals surface area (Å²) in [5.41, 5.74) is 4.13. The average molecular weight is 425 g/mol. The minimum atomic E-state index is 0.507. The molecule has 0 radical (unpaired) electrons. The lowest BCUT2D eigenvalue weighted by Crippen LogP contribution is -2.09. The quantitative estimate of drug-likeness (QED) is 0.326. The Kier molecular flexibility index (Phi) is 5.79. The summed E-state index contributed by atoms with van der Waals surface area (Å²) in [5, 5.41) is 1.19. The van der Waals surface area contributed by atoms with E-state index in [1.54, 1.807) is 6.07 Å². The first-order chi connectivity index (χ1) is 14.0. The number of benzene rings is 3. The van der Waals surface area contributed by atoms with E-state index in [4.69, 9.17) is 32.9 Å². The van der Waals surface area contributed by atoms with Crippen LogP contribution in [0.3, 0.4) is 0 Å². The van der Waals surface area contributed by atoms with Gasteiger partial charge in [-0.25, -0.2) is 4.98 Å². The number of aromatic nitrogens is 2. The predicted molar refractivity (Wildman–Crippen MR) is 121 cm³/mol. The van der Waals surface area contributed by atoms with Crippen molar-refractivity contribution >= 4 is 34.2 Å². The van der Waals surface area contributed by atoms with Crippen LogP contribution < -0.4 is 4.74 Å². The van der Waals surface area contributed by atoms with Crippen molar-refractivity contribution in [2.75, 3.05) is 6.61 Å². The number of nitrogens with zero attached hydrogens (tertiary/aromatic N) is 2. The summed E-state index contributed by atoms with van der Waals surface area (Å²) in [6.07, 6.45) is 0. The van der Waals surface area contributed by atoms with E-state index in [0.717, 1.165) is 28.2 Å². The highest BCUT2D eigenvalue weighted by molar-refractivity contribution is 6.36. The molecule has 0 spiro atoms. The third-order valence-electron chi connectivity index (χ3n) is 4.96. The lowest BCUT2D eigenvalue weighted by molar-refractivity contribution is 0.300. The van der Waals surface area contributed by atoms with E-state index in [1.807, 2.05) is 42.5 Å². The molecule has 0 aliphatic rings. The van der Waals surface area contributed by atoms with Crippen LogP contribution >= 0.6 is 23.2 Å². The molecule has 0 N–H and O–H groups in total. The van der Waals surface area contributed by atoms with Crippen LogP contribution in [0.25, 0.3) is 22.4 Å². The Hall–Kier alpha value is -2.49. The maximum atomic E-state index is 6.46. The Balaban J connectivity index is 1.60. The molecule has 4 aromatic rings. The molecule has 0 saturated heterocycles. The van der Waals surface area contributed by atoms with E-state index < -0.39 is 0 Å². The fraction of sp³-hybridized carbons (Fsp3) is 0.208. The number of rotatable bonds is 6. The zero-order chi connectivity index (χ0) is 20.4. The summed E-state index contributed by atoms with van der Waals surface area (Å²) in [4.78, 5) is 4.81. The van der Waals surface area contributed by atoms with Crippen LogP contribution in [0.4, 0.5) is 0 Å². The summed E-state index contributed by atoms with van der Waals surface area (Å²) in [5.74, 6) is 2.18. The van der Waals surface area contributed by atoms with Gasteiger partial charge in [0.1, 0.15) is 18.2 Å². The van der Waals surface area contributed by atoms with Gasteiger partial charge in [0.25, 0.3) is 0 Å². The fourth-order valence-electron chi connectivity index (χ4n) is 3.38. The van der Waals surface area contributed by atoms with E-state index in [0.29, 0.717) is 29.1 Å². The van der Waals surface area contributed by atoms with Crippen molar-refractivity contribution in [1.82, 2.24) is 9.55 Å². The minimum absolute atomic E-state index is 0.507. The summed E-state index contributed by atoms with van der Waals surface area (Å²) in [6, 6.07) is 21.8. The normalized spacial score (nSPS) is 11.3. The van der Waals surface area contributed by atoms with Crippen molar-refractivity contribution in [1.29, 1.82) is 0 Å². The second-order valence-corrected chi connectivity index (χ2v) is 8.12. The Labute approximate surface area is 180 Å². The monoisotopic (exact) mass is 424 g/mol. The smallest absolute Gasteiger partial charge is 0.142 e. The van der Waals surface area contributed by atoms with Gasteiger partial charge in [0.2, 0.25) is 0 Å². The minimum Gasteiger partial charge on any atom is -0.492 e. The Morgan fingerprint density at radius 2 is 1.72 bits per heavy atom. The van der Waals surface area contributed by atoms with Gasteiger partial charge in [-0.3, -0.25) is 0 Å². The van der Waals surface area contributed by atoms with Crippen LogP contribution in [0, 0.1) is 0 Å². The van der Waals surface area contributed by atoms with Gasteiger partial charge < -0.3 is 9.30 Å². The van der Waals surface area contributed by atoms with Gasteiger partial charge in [-0.15, -0.1) is 0 Å². The standard InChI is InChI=1S/C24H22Cl2N2O/c1-16(2)17-7-10-19(11-8-17)29-14-13-28-23-6-4-3-5-22(23)27-24(28)20-12-9-18(25)15-21(20)26/h3-12,15-16H,13-14H2,1-2H3. The van der Waals surface area contributed by atoms with Crippen LogP contribution in [-0.2, 0) is 6.54 Å². The number of imidazole rings is 1. The van der Waals surface area contributed by atoms with Crippen molar-refractivity contribution in [3.05, 3.63) is 82.3 Å². The van der Waals surface area contributed by atoms with Gasteiger partial charge >= 0.3 is 0 Å². The molecule has 5 heteroatoms. The second-order valence-electron chi connectivity index (χ2n) is 7.27. The second kappa shape index (κ2) is 8.48. The van der Waals surface area contributed by atoms with E-state index in [9.17, 15) is 0 Å². The van der Waals surface area contributed by atoms with Gasteiger partial charge in [-0.1, -0.05) is 61.3 Å². The number of para-hydroxylation sites is 2. The van der Waals surface area contributed by atoms with Crippen LogP contribution in [0.15, 0.2) is 66.7 Å². The molecule has 0 atom stereocenters. The molecule has 3 nitrogen and oxygen atoms in total. The number of ether oxygens (including phenoxy) is 1. The first kappa shape index (κ1) is 19.8. The molecule has 29 heavy (non-hydrogen) atoms. The van der Waals surface area contributed by atoms with Gasteiger partial charge in [0.05, 0.1) is 22.6 Å². The highest BCUT2D eigenvalue weighted by atomic mass is 35.5. The predicted octanol–water partition coefficient (Wildman–Crippen LogP) is 7.21. The molecule has 0 aliphatic carbocycles. The van der Waals surface area contributed by atoms with Crippen LogP contribution in [-0.4, -0.2) is 16.2 Å². The van der Waals surface area contributed by atoms with E-state index in [-0.39, 0.29) is 0 Å². The van der Waals surface area contributed by atoms with E-state index in [1.165, 1.54) is 5.56 Å². The van der Waals surface area contributed by atoms with Gasteiger partial charge in [0, 0.05) is 10.6 Å². The highest BCUT2D eigenvalue weighted by Gasteiger charge is 2.15. The first-order valence-corrected chi connectivity index (χ1v) is 10.4. The average Bonchev–Trinajstić information content (AvgIpc) is 3.07. The van der Waals surface area contributed by atoms with E-state index >= 15 is 0 Å². The molecule has 148 valence electrons. The van der Waals surface area contributed by atoms with Crippen molar-refractivity contribution in [2.24, 2.45) is 0 Å². The van der Waals surface area contributed by atoms with Gasteiger partial charge in [-0.05, 0) is 53.9 Å². The molecular weight excluding hydrogens is 403 g/mol. The van der Waals surface area contributed by atoms with Crippen molar-refractivity contribution in [3.63, 3.8) is 0 Å². The number of fused-ring (bicyclic) bond motifs is 1. The fourth-order valence-corrected chi connectivity index (χ4v) is 3.88. The largest absolute Gasteiger partial charge is 0.492 e. The van der Waals surface area contributed by atoms with E-state index in [2.05, 4.69) is 36.6 Å². The molecule has 1 aromatic heterocycles. The Morgan fingerprint density at radius 3 is 2.45 bits per heavy atom. The number of halogens is 2. The third-order valence-corrected chi connectivity index (χ3v) is 5.50. The highest BCUT2D eigenvalue weighted by Crippen LogP contribution is 2.32. The summed E-state index contributed by atoms with van der Waals surface area (Å²) >= 11 is 12.5. The molecule has 0 unspecified atom stereocenters. The Bertz CT molecular complexity index is 1130. The molecular formula is C24H22Cl2N2O. The lowest BCUT2D eigenvalue weighted by atomic mass is 10.0. The number of hydrogen-bond acceptors (Lipinski definition) is 2. The van der Waals surface area contributed by atoms with Gasteiger partial charge in [0.15, 0.2) is 0 Å². The van der Waals surface area contributed by atoms with Crippen molar-refractivity contribution in [3.8, 4) is 17.1 Å². The molecule has 0 amide bonds. The van der Waals surface area contributed by atoms with Gasteiger partial charge in [-0.2, -0.15) is 0 Å². The third kappa shape index (κ3) is 4.26. The molecule has 4 rings (SSSR count). The van der Waals surface area contributed by atoms with Crippen LogP contribution in [0.2, 0.25) is 10.0 Å². The maximum absolute atomic E-state index is 6.46. The molecule has 0 aliphatic heterocycles. The SMILES string of the molecule is CC(C)c1ccc(OCCn2c(-c3ccc(Cl)cc3Cl)nc3ccccc32)cc1.